The third kappa shape index (κ3) is 1.76. The number of aromatic nitrogens is 2. The first-order valence-corrected chi connectivity index (χ1v) is 4.85. The van der Waals surface area contributed by atoms with Gasteiger partial charge in [0, 0.05) is 13.1 Å². The number of rotatable bonds is 2. The van der Waals surface area contributed by atoms with Crippen molar-refractivity contribution in [3.05, 3.63) is 40.8 Å². The lowest BCUT2D eigenvalue weighted by Gasteiger charge is -2.04. The summed E-state index contributed by atoms with van der Waals surface area (Å²) in [4.78, 5) is 11.6. The number of para-hydroxylation sites is 1. The van der Waals surface area contributed by atoms with Crippen LogP contribution < -0.4 is 10.4 Å². The summed E-state index contributed by atoms with van der Waals surface area (Å²) in [6, 6.07) is 10.9. The molecule has 1 aromatic heterocycles. The maximum absolute atomic E-state index is 11.6. The number of aromatic hydroxyl groups is 1. The largest absolute Gasteiger partial charge is 0.491 e. The Morgan fingerprint density at radius 3 is 2.59 bits per heavy atom. The number of hydrogen-bond acceptors (Lipinski definition) is 3. The molecule has 0 atom stereocenters. The van der Waals surface area contributed by atoms with E-state index >= 15 is 0 Å². The summed E-state index contributed by atoms with van der Waals surface area (Å²) in [5.74, 6) is 0.111. The monoisotopic (exact) mass is 230 g/mol. The summed E-state index contributed by atoms with van der Waals surface area (Å²) < 4.78 is 7.30. The number of terminal acetylenes is 1. The molecule has 0 unspecified atom stereocenters. The second kappa shape index (κ2) is 4.10. The quantitative estimate of drug-likeness (QED) is 0.786. The third-order valence-corrected chi connectivity index (χ3v) is 2.28. The average Bonchev–Trinajstić information content (AvgIpc) is 2.55. The Labute approximate surface area is 97.5 Å². The molecule has 1 N–H and O–H groups in total. The van der Waals surface area contributed by atoms with Crippen molar-refractivity contribution < 1.29 is 9.84 Å². The summed E-state index contributed by atoms with van der Waals surface area (Å²) in [5.41, 5.74) is -0.532. The van der Waals surface area contributed by atoms with Crippen LogP contribution in [-0.4, -0.2) is 14.2 Å². The van der Waals surface area contributed by atoms with Gasteiger partial charge in [0.05, 0.1) is 0 Å². The standard InChI is InChI=1S/C12H10N2O3/c1-3-14-11(10(15)13(2)12(14)16)17-9-7-5-4-6-8-9/h1,4-8,15H,2H3. The highest BCUT2D eigenvalue weighted by Crippen LogP contribution is 2.28. The highest BCUT2D eigenvalue weighted by molar-refractivity contribution is 5.35. The Bertz CT molecular complexity index is 632. The third-order valence-electron chi connectivity index (χ3n) is 2.28. The lowest BCUT2D eigenvalue weighted by atomic mass is 10.3. The van der Waals surface area contributed by atoms with Gasteiger partial charge in [-0.05, 0) is 12.1 Å². The van der Waals surface area contributed by atoms with E-state index < -0.39 is 5.69 Å². The molecule has 5 nitrogen and oxygen atoms in total. The first-order valence-electron chi connectivity index (χ1n) is 4.85. The van der Waals surface area contributed by atoms with E-state index in [0.717, 1.165) is 9.13 Å². The van der Waals surface area contributed by atoms with Gasteiger partial charge in [-0.15, -0.1) is 0 Å². The molecule has 1 aromatic carbocycles. The molecular weight excluding hydrogens is 220 g/mol. The fourth-order valence-corrected chi connectivity index (χ4v) is 1.38. The Kier molecular flexibility index (Phi) is 2.63. The molecule has 0 aliphatic heterocycles. The zero-order valence-electron chi connectivity index (χ0n) is 9.12. The number of hydrogen-bond donors (Lipinski definition) is 1. The van der Waals surface area contributed by atoms with E-state index in [-0.39, 0.29) is 11.8 Å². The molecule has 2 aromatic rings. The van der Waals surface area contributed by atoms with E-state index in [4.69, 9.17) is 11.2 Å². The molecule has 0 amide bonds. The van der Waals surface area contributed by atoms with Crippen molar-refractivity contribution in [1.29, 1.82) is 0 Å². The fourth-order valence-electron chi connectivity index (χ4n) is 1.38. The van der Waals surface area contributed by atoms with E-state index in [1.54, 1.807) is 24.3 Å². The van der Waals surface area contributed by atoms with Gasteiger partial charge in [-0.3, -0.25) is 4.57 Å². The fraction of sp³-hybridized carbons (Fsp3) is 0.0833. The van der Waals surface area contributed by atoms with E-state index in [0.29, 0.717) is 5.75 Å². The van der Waals surface area contributed by atoms with Gasteiger partial charge < -0.3 is 9.84 Å². The van der Waals surface area contributed by atoms with Crippen molar-refractivity contribution in [2.24, 2.45) is 7.05 Å². The molecular formula is C12H10N2O3. The molecule has 1 heterocycles. The smallest absolute Gasteiger partial charge is 0.345 e. The lowest BCUT2D eigenvalue weighted by molar-refractivity contribution is 0.377. The van der Waals surface area contributed by atoms with Gasteiger partial charge in [0.2, 0.25) is 0 Å². The van der Waals surface area contributed by atoms with Crippen LogP contribution in [0.2, 0.25) is 0 Å². The van der Waals surface area contributed by atoms with Crippen molar-refractivity contribution in [2.75, 3.05) is 0 Å². The van der Waals surface area contributed by atoms with Crippen LogP contribution >= 0.6 is 0 Å². The first-order chi connectivity index (χ1) is 8.15. The molecule has 0 spiro atoms. The highest BCUT2D eigenvalue weighted by Gasteiger charge is 2.18. The van der Waals surface area contributed by atoms with Crippen molar-refractivity contribution in [3.63, 3.8) is 0 Å². The minimum atomic E-state index is -0.532. The van der Waals surface area contributed by atoms with Crippen molar-refractivity contribution in [1.82, 2.24) is 9.13 Å². The van der Waals surface area contributed by atoms with Crippen molar-refractivity contribution in [2.45, 2.75) is 0 Å². The minimum absolute atomic E-state index is 0.0637. The predicted molar refractivity (Wildman–Crippen MR) is 62.1 cm³/mol. The van der Waals surface area contributed by atoms with Gasteiger partial charge in [-0.1, -0.05) is 24.6 Å². The summed E-state index contributed by atoms with van der Waals surface area (Å²) in [5, 5.41) is 9.71. The molecule has 0 aliphatic rings. The topological polar surface area (TPSA) is 56.4 Å². The number of imidazole rings is 1. The molecule has 0 saturated heterocycles. The van der Waals surface area contributed by atoms with Gasteiger partial charge in [-0.25, -0.2) is 4.79 Å². The second-order valence-corrected chi connectivity index (χ2v) is 3.35. The SMILES string of the molecule is C#Cn1c(Oc2ccccc2)c(O)n(C)c1=O. The first kappa shape index (κ1) is 10.9. The molecule has 2 rings (SSSR count). The second-order valence-electron chi connectivity index (χ2n) is 3.35. The van der Waals surface area contributed by atoms with Gasteiger partial charge >= 0.3 is 5.69 Å². The molecule has 17 heavy (non-hydrogen) atoms. The van der Waals surface area contributed by atoms with Crippen molar-refractivity contribution >= 4 is 0 Å². The van der Waals surface area contributed by atoms with Gasteiger partial charge in [0.15, 0.2) is 0 Å². The molecule has 0 aliphatic carbocycles. The van der Waals surface area contributed by atoms with Gasteiger partial charge in [0.1, 0.15) is 5.75 Å². The minimum Gasteiger partial charge on any atom is -0.491 e. The van der Waals surface area contributed by atoms with Crippen LogP contribution in [0.3, 0.4) is 0 Å². The van der Waals surface area contributed by atoms with E-state index in [2.05, 4.69) is 6.04 Å². The van der Waals surface area contributed by atoms with Crippen LogP contribution in [-0.2, 0) is 7.05 Å². The van der Waals surface area contributed by atoms with Gasteiger partial charge in [-0.2, -0.15) is 4.57 Å². The van der Waals surface area contributed by atoms with Gasteiger partial charge in [0.25, 0.3) is 11.8 Å². The molecule has 0 fully saturated rings. The zero-order chi connectivity index (χ0) is 12.4. The Morgan fingerprint density at radius 1 is 1.35 bits per heavy atom. The van der Waals surface area contributed by atoms with Crippen molar-refractivity contribution in [3.8, 4) is 30.0 Å². The predicted octanol–water partition coefficient (Wildman–Crippen LogP) is 1.12. The van der Waals surface area contributed by atoms with Crippen LogP contribution in [0.25, 0.3) is 0 Å². The van der Waals surface area contributed by atoms with Crippen LogP contribution in [0.4, 0.5) is 0 Å². The number of ether oxygens (including phenoxy) is 1. The van der Waals surface area contributed by atoms with Crippen LogP contribution in [0, 0.1) is 12.5 Å². The Hall–Kier alpha value is -2.61. The molecule has 0 saturated carbocycles. The van der Waals surface area contributed by atoms with Crippen LogP contribution in [0.1, 0.15) is 0 Å². The lowest BCUT2D eigenvalue weighted by Crippen LogP contribution is -2.19. The average molecular weight is 230 g/mol. The Morgan fingerprint density at radius 2 is 2.00 bits per heavy atom. The molecule has 0 radical (unpaired) electrons. The number of benzene rings is 1. The number of nitrogens with zero attached hydrogens (tertiary/aromatic N) is 2. The van der Waals surface area contributed by atoms with E-state index in [9.17, 15) is 9.90 Å². The summed E-state index contributed by atoms with van der Waals surface area (Å²) in [6.45, 7) is 0. The normalized spacial score (nSPS) is 9.88. The Balaban J connectivity index is 2.51. The highest BCUT2D eigenvalue weighted by atomic mass is 16.5. The zero-order valence-corrected chi connectivity index (χ0v) is 9.12. The van der Waals surface area contributed by atoms with Crippen LogP contribution in [0.15, 0.2) is 35.1 Å². The van der Waals surface area contributed by atoms with E-state index in [1.165, 1.54) is 7.05 Å². The molecule has 86 valence electrons. The van der Waals surface area contributed by atoms with E-state index in [1.807, 2.05) is 6.07 Å². The molecule has 5 heteroatoms. The van der Waals surface area contributed by atoms with Crippen LogP contribution in [0.5, 0.6) is 17.5 Å². The summed E-state index contributed by atoms with van der Waals surface area (Å²) >= 11 is 0. The summed E-state index contributed by atoms with van der Waals surface area (Å²) in [7, 11) is 1.41. The maximum atomic E-state index is 11.6. The molecule has 0 bridgehead atoms. The maximum Gasteiger partial charge on any atom is 0.345 e. The summed E-state index contributed by atoms with van der Waals surface area (Å²) in [6.07, 6.45) is 5.20.